The summed E-state index contributed by atoms with van der Waals surface area (Å²) in [5.74, 6) is -0.112. The Balaban J connectivity index is 1.61. The molecule has 0 spiro atoms. The fourth-order valence-corrected chi connectivity index (χ4v) is 5.06. The number of carbonyl (C=O) groups excluding carboxylic acids is 2. The lowest BCUT2D eigenvalue weighted by Gasteiger charge is -2.30. The Kier molecular flexibility index (Phi) is 6.99. The van der Waals surface area contributed by atoms with Crippen molar-refractivity contribution in [2.45, 2.75) is 46.5 Å². The third-order valence-corrected chi connectivity index (χ3v) is 6.70. The van der Waals surface area contributed by atoms with E-state index >= 15 is 0 Å². The predicted octanol–water partition coefficient (Wildman–Crippen LogP) is 6.73. The van der Waals surface area contributed by atoms with E-state index in [1.165, 1.54) is 0 Å². The molecular formula is C28H29BrN2O2. The summed E-state index contributed by atoms with van der Waals surface area (Å²) >= 11 is 3.57. The van der Waals surface area contributed by atoms with Crippen molar-refractivity contribution in [2.24, 2.45) is 0 Å². The van der Waals surface area contributed by atoms with Crippen molar-refractivity contribution in [1.82, 2.24) is 0 Å². The number of rotatable bonds is 5. The summed E-state index contributed by atoms with van der Waals surface area (Å²) in [6, 6.07) is 17.5. The second kappa shape index (κ2) is 9.92. The number of aryl methyl sites for hydroxylation is 4. The van der Waals surface area contributed by atoms with Crippen molar-refractivity contribution < 1.29 is 9.59 Å². The van der Waals surface area contributed by atoms with Crippen LogP contribution in [0, 0.1) is 6.92 Å². The van der Waals surface area contributed by atoms with Gasteiger partial charge in [-0.1, -0.05) is 47.5 Å². The van der Waals surface area contributed by atoms with Gasteiger partial charge in [-0.3, -0.25) is 9.59 Å². The Bertz CT molecular complexity index is 1190. The number of benzene rings is 3. The van der Waals surface area contributed by atoms with E-state index in [1.54, 1.807) is 0 Å². The fourth-order valence-electron chi connectivity index (χ4n) is 4.51. The lowest BCUT2D eigenvalue weighted by molar-refractivity contribution is 0.0984. The van der Waals surface area contributed by atoms with Gasteiger partial charge in [-0.15, -0.1) is 0 Å². The van der Waals surface area contributed by atoms with Crippen LogP contribution in [0.15, 0.2) is 59.1 Å². The highest BCUT2D eigenvalue weighted by Gasteiger charge is 2.25. The first-order valence-corrected chi connectivity index (χ1v) is 12.3. The maximum absolute atomic E-state index is 13.2. The average Bonchev–Trinajstić information content (AvgIpc) is 2.83. The number of halogens is 1. The number of amides is 2. The topological polar surface area (TPSA) is 49.4 Å². The molecule has 0 bridgehead atoms. The van der Waals surface area contributed by atoms with Gasteiger partial charge in [0, 0.05) is 33.5 Å². The minimum atomic E-state index is -0.119. The van der Waals surface area contributed by atoms with Gasteiger partial charge in [0.15, 0.2) is 0 Å². The van der Waals surface area contributed by atoms with Crippen molar-refractivity contribution in [3.8, 4) is 0 Å². The van der Waals surface area contributed by atoms with Crippen LogP contribution in [0.2, 0.25) is 0 Å². The molecule has 2 amide bonds. The molecule has 1 aliphatic heterocycles. The fraction of sp³-hybridized carbons (Fsp3) is 0.286. The van der Waals surface area contributed by atoms with Crippen LogP contribution in [0.25, 0.3) is 0 Å². The van der Waals surface area contributed by atoms with E-state index in [0.29, 0.717) is 17.7 Å². The molecule has 3 aromatic carbocycles. The lowest BCUT2D eigenvalue weighted by Crippen LogP contribution is -2.35. The maximum atomic E-state index is 13.2. The van der Waals surface area contributed by atoms with E-state index in [9.17, 15) is 9.59 Å². The van der Waals surface area contributed by atoms with E-state index < -0.39 is 0 Å². The zero-order chi connectivity index (χ0) is 23.5. The molecule has 1 N–H and O–H groups in total. The first kappa shape index (κ1) is 23.2. The van der Waals surface area contributed by atoms with Gasteiger partial charge in [0.05, 0.1) is 0 Å². The van der Waals surface area contributed by atoms with E-state index in [-0.39, 0.29) is 11.8 Å². The Labute approximate surface area is 204 Å². The van der Waals surface area contributed by atoms with Crippen LogP contribution in [0.3, 0.4) is 0 Å². The van der Waals surface area contributed by atoms with Crippen molar-refractivity contribution >= 4 is 39.1 Å². The number of fused-ring (bicyclic) bond motifs is 1. The van der Waals surface area contributed by atoms with Gasteiger partial charge in [-0.05, 0) is 91.8 Å². The van der Waals surface area contributed by atoms with Crippen LogP contribution in [0.5, 0.6) is 0 Å². The summed E-state index contributed by atoms with van der Waals surface area (Å²) in [6.45, 7) is 6.86. The third-order valence-electron chi connectivity index (χ3n) is 6.24. The predicted molar refractivity (Wildman–Crippen MR) is 138 cm³/mol. The molecule has 4 nitrogen and oxygen atoms in total. The van der Waals surface area contributed by atoms with Crippen LogP contribution in [0.1, 0.15) is 63.2 Å². The molecule has 0 fully saturated rings. The Morgan fingerprint density at radius 1 is 0.970 bits per heavy atom. The molecule has 0 saturated heterocycles. The monoisotopic (exact) mass is 504 g/mol. The van der Waals surface area contributed by atoms with Gasteiger partial charge >= 0.3 is 0 Å². The highest BCUT2D eigenvalue weighted by molar-refractivity contribution is 9.10. The molecule has 0 unspecified atom stereocenters. The van der Waals surface area contributed by atoms with Crippen molar-refractivity contribution in [3.63, 3.8) is 0 Å². The van der Waals surface area contributed by atoms with Crippen LogP contribution in [-0.2, 0) is 19.3 Å². The van der Waals surface area contributed by atoms with E-state index in [4.69, 9.17) is 0 Å². The molecule has 0 saturated carbocycles. The van der Waals surface area contributed by atoms with Gasteiger partial charge in [-0.2, -0.15) is 0 Å². The highest BCUT2D eigenvalue weighted by atomic mass is 79.9. The quantitative estimate of drug-likeness (QED) is 0.418. The zero-order valence-corrected chi connectivity index (χ0v) is 21.0. The molecule has 0 aliphatic carbocycles. The molecule has 0 aromatic heterocycles. The number of nitrogens with zero attached hydrogens (tertiary/aromatic N) is 1. The molecule has 170 valence electrons. The normalized spacial score (nSPS) is 12.9. The lowest BCUT2D eigenvalue weighted by atomic mass is 9.97. The molecule has 1 heterocycles. The largest absolute Gasteiger partial charge is 0.321 e. The van der Waals surface area contributed by atoms with Crippen LogP contribution in [-0.4, -0.2) is 18.4 Å². The molecule has 0 radical (unpaired) electrons. The second-order valence-electron chi connectivity index (χ2n) is 8.53. The molecular weight excluding hydrogens is 476 g/mol. The summed E-state index contributed by atoms with van der Waals surface area (Å²) in [4.78, 5) is 28.2. The first-order valence-electron chi connectivity index (χ1n) is 11.5. The summed E-state index contributed by atoms with van der Waals surface area (Å²) in [5, 5.41) is 3.16. The molecule has 33 heavy (non-hydrogen) atoms. The van der Waals surface area contributed by atoms with E-state index in [0.717, 1.165) is 63.8 Å². The Morgan fingerprint density at radius 3 is 2.36 bits per heavy atom. The minimum absolute atomic E-state index is 0.00638. The standard InChI is InChI=1S/C28H29BrN2O2/c1-4-19-16-24(29)17-20(5-2)26(19)30-27(32)22-11-12-25-21(15-22)10-7-13-31(25)28(33)23-9-6-8-18(3)14-23/h6,8-9,11-12,14-17H,4-5,7,10,13H2,1-3H3,(H,30,32). The number of nitrogens with one attached hydrogen (secondary N) is 1. The summed E-state index contributed by atoms with van der Waals surface area (Å²) in [6.07, 6.45) is 3.40. The van der Waals surface area contributed by atoms with Gasteiger partial charge in [0.2, 0.25) is 0 Å². The Morgan fingerprint density at radius 2 is 1.70 bits per heavy atom. The smallest absolute Gasteiger partial charge is 0.258 e. The molecule has 4 rings (SSSR count). The summed E-state index contributed by atoms with van der Waals surface area (Å²) < 4.78 is 1.03. The van der Waals surface area contributed by atoms with Gasteiger partial charge in [0.1, 0.15) is 0 Å². The Hall–Kier alpha value is -2.92. The van der Waals surface area contributed by atoms with Crippen molar-refractivity contribution in [2.75, 3.05) is 16.8 Å². The summed E-state index contributed by atoms with van der Waals surface area (Å²) in [5.41, 5.74) is 7.45. The van der Waals surface area contributed by atoms with Crippen LogP contribution in [0.4, 0.5) is 11.4 Å². The van der Waals surface area contributed by atoms with Crippen molar-refractivity contribution in [3.05, 3.63) is 92.5 Å². The van der Waals surface area contributed by atoms with E-state index in [2.05, 4.69) is 47.2 Å². The minimum Gasteiger partial charge on any atom is -0.321 e. The number of anilines is 2. The van der Waals surface area contributed by atoms with Gasteiger partial charge < -0.3 is 10.2 Å². The molecule has 3 aromatic rings. The second-order valence-corrected chi connectivity index (χ2v) is 9.45. The first-order chi connectivity index (χ1) is 15.9. The summed E-state index contributed by atoms with van der Waals surface area (Å²) in [7, 11) is 0. The number of hydrogen-bond donors (Lipinski definition) is 1. The molecule has 1 aliphatic rings. The average molecular weight is 505 g/mol. The van der Waals surface area contributed by atoms with Crippen LogP contribution < -0.4 is 10.2 Å². The highest BCUT2D eigenvalue weighted by Crippen LogP contribution is 2.31. The SMILES string of the molecule is CCc1cc(Br)cc(CC)c1NC(=O)c1ccc2c(c1)CCCN2C(=O)c1cccc(C)c1. The van der Waals surface area contributed by atoms with Gasteiger partial charge in [-0.25, -0.2) is 0 Å². The van der Waals surface area contributed by atoms with Gasteiger partial charge in [0.25, 0.3) is 11.8 Å². The third kappa shape index (κ3) is 4.88. The van der Waals surface area contributed by atoms with Crippen LogP contribution >= 0.6 is 15.9 Å². The molecule has 0 atom stereocenters. The van der Waals surface area contributed by atoms with E-state index in [1.807, 2.05) is 54.3 Å². The zero-order valence-electron chi connectivity index (χ0n) is 19.4. The van der Waals surface area contributed by atoms with Crippen molar-refractivity contribution in [1.29, 1.82) is 0 Å². The molecule has 5 heteroatoms. The number of carbonyl (C=O) groups is 2. The maximum Gasteiger partial charge on any atom is 0.258 e. The number of hydrogen-bond acceptors (Lipinski definition) is 2.